The third-order valence-electron chi connectivity index (χ3n) is 8.30. The highest BCUT2D eigenvalue weighted by atomic mass is 35.5. The van der Waals surface area contributed by atoms with Crippen LogP contribution in [-0.4, -0.2) is 74.2 Å². The van der Waals surface area contributed by atoms with E-state index in [1.165, 1.54) is 31.2 Å². The normalized spacial score (nSPS) is 11.3. The second-order valence-electron chi connectivity index (χ2n) is 11.8. The van der Waals surface area contributed by atoms with Crippen LogP contribution >= 0.6 is 68.0 Å². The molecular formula is C36H26Cl4N12O2S2. The maximum absolute atomic E-state index is 6.73. The molecule has 0 N–H and O–H groups in total. The molecule has 14 nitrogen and oxygen atoms in total. The second-order valence-corrected chi connectivity index (χ2v) is 15.6. The molecular weight excluding hydrogens is 838 g/mol. The van der Waals surface area contributed by atoms with E-state index < -0.39 is 0 Å². The first-order valence-corrected chi connectivity index (χ1v) is 20.2. The summed E-state index contributed by atoms with van der Waals surface area (Å²) in [6.07, 6.45) is 3.29. The van der Waals surface area contributed by atoms with E-state index in [4.69, 9.17) is 76.3 Å². The van der Waals surface area contributed by atoms with E-state index in [9.17, 15) is 0 Å². The zero-order valence-electron chi connectivity index (χ0n) is 29.2. The van der Waals surface area contributed by atoms with Gasteiger partial charge >= 0.3 is 0 Å². The number of rotatable bonds is 13. The number of methoxy groups -OCH3 is 2. The molecule has 20 heteroatoms. The predicted molar refractivity (Wildman–Crippen MR) is 217 cm³/mol. The Labute approximate surface area is 347 Å². The molecule has 0 aliphatic heterocycles. The number of hydrogen-bond donors (Lipinski definition) is 0. The van der Waals surface area contributed by atoms with E-state index in [0.29, 0.717) is 77.4 Å². The lowest BCUT2D eigenvalue weighted by molar-refractivity contribution is 0.414. The zero-order chi connectivity index (χ0) is 38.8. The molecule has 0 radical (unpaired) electrons. The van der Waals surface area contributed by atoms with Gasteiger partial charge in [-0.1, -0.05) is 82.8 Å². The van der Waals surface area contributed by atoms with Gasteiger partial charge in [0.2, 0.25) is 11.6 Å². The molecule has 4 heterocycles. The molecule has 0 saturated heterocycles. The number of tetrazole rings is 2. The third kappa shape index (κ3) is 7.80. The first kappa shape index (κ1) is 37.8. The minimum atomic E-state index is 0.335. The maximum atomic E-state index is 6.73. The van der Waals surface area contributed by atoms with Gasteiger partial charge in [-0.15, -0.1) is 20.4 Å². The number of aromatic nitrogens is 12. The first-order valence-electron chi connectivity index (χ1n) is 16.5. The largest absolute Gasteiger partial charge is 0.497 e. The van der Waals surface area contributed by atoms with Crippen molar-refractivity contribution in [3.8, 4) is 45.6 Å². The highest BCUT2D eigenvalue weighted by Gasteiger charge is 2.26. The number of nitrogens with zero attached hydrogens (tertiary/aromatic N) is 12. The van der Waals surface area contributed by atoms with Crippen LogP contribution < -0.4 is 9.47 Å². The summed E-state index contributed by atoms with van der Waals surface area (Å²) in [5.74, 6) is 2.17. The van der Waals surface area contributed by atoms with Crippen molar-refractivity contribution in [3.05, 3.63) is 129 Å². The molecule has 0 bridgehead atoms. The van der Waals surface area contributed by atoms with Crippen LogP contribution in [-0.2, 0) is 13.1 Å². The van der Waals surface area contributed by atoms with Crippen molar-refractivity contribution >= 4 is 68.0 Å². The Hall–Kier alpha value is -5.10. The van der Waals surface area contributed by atoms with Crippen LogP contribution in [0.3, 0.4) is 0 Å². The highest BCUT2D eigenvalue weighted by Crippen LogP contribution is 2.47. The maximum Gasteiger partial charge on any atom is 0.209 e. The van der Waals surface area contributed by atoms with Gasteiger partial charge in [-0.3, -0.25) is 0 Å². The molecule has 56 heavy (non-hydrogen) atoms. The third-order valence-corrected chi connectivity index (χ3v) is 11.9. The van der Waals surface area contributed by atoms with Gasteiger partial charge in [0.05, 0.1) is 70.9 Å². The Morgan fingerprint density at radius 2 is 0.911 bits per heavy atom. The van der Waals surface area contributed by atoms with Gasteiger partial charge in [0, 0.05) is 0 Å². The van der Waals surface area contributed by atoms with E-state index in [-0.39, 0.29) is 0 Å². The van der Waals surface area contributed by atoms with E-state index in [2.05, 4.69) is 20.6 Å². The lowest BCUT2D eigenvalue weighted by atomic mass is 10.2. The van der Waals surface area contributed by atoms with E-state index >= 15 is 0 Å². The van der Waals surface area contributed by atoms with Crippen molar-refractivity contribution in [2.75, 3.05) is 14.2 Å². The van der Waals surface area contributed by atoms with Crippen LogP contribution in [0, 0.1) is 0 Å². The molecule has 0 aliphatic rings. The van der Waals surface area contributed by atoms with E-state index in [1.54, 1.807) is 72.4 Å². The smallest absolute Gasteiger partial charge is 0.209 e. The summed E-state index contributed by atoms with van der Waals surface area (Å²) in [5.41, 5.74) is 4.03. The number of para-hydroxylation sites is 2. The molecule has 0 atom stereocenters. The summed E-state index contributed by atoms with van der Waals surface area (Å²) in [5, 5.41) is 39.0. The number of ether oxygens (including phenoxy) is 2. The SMILES string of the molecule is COc1ccc(Cn2nnc(-c3cnn(-c4c(Cl)cccc4Cl)c3SSc3c(-c4nnn(Cc5ccc(OC)cc5)n4)cnn3-c3c(Cl)cccc3Cl)n2)cc1. The fourth-order valence-electron chi connectivity index (χ4n) is 5.55. The van der Waals surface area contributed by atoms with Gasteiger partial charge in [-0.2, -0.15) is 19.8 Å². The molecule has 0 fully saturated rings. The fourth-order valence-corrected chi connectivity index (χ4v) is 9.14. The minimum Gasteiger partial charge on any atom is -0.497 e. The summed E-state index contributed by atoms with van der Waals surface area (Å²) >= 11 is 26.9. The molecule has 0 saturated carbocycles. The lowest BCUT2D eigenvalue weighted by Gasteiger charge is -2.13. The molecule has 0 aliphatic carbocycles. The number of halogens is 4. The quantitative estimate of drug-likeness (QED) is 0.102. The molecule has 0 spiro atoms. The van der Waals surface area contributed by atoms with Crippen molar-refractivity contribution in [1.82, 2.24) is 60.0 Å². The monoisotopic (exact) mass is 862 g/mol. The van der Waals surface area contributed by atoms with Gasteiger partial charge in [0.1, 0.15) is 32.9 Å². The Morgan fingerprint density at radius 3 is 1.27 bits per heavy atom. The first-order chi connectivity index (χ1) is 27.3. The second kappa shape index (κ2) is 16.6. The number of benzene rings is 4. The number of hydrogen-bond acceptors (Lipinski definition) is 12. The summed E-state index contributed by atoms with van der Waals surface area (Å²) in [7, 11) is 5.91. The summed E-state index contributed by atoms with van der Waals surface area (Å²) < 4.78 is 13.9. The molecule has 4 aromatic heterocycles. The molecule has 0 amide bonds. The summed E-state index contributed by atoms with van der Waals surface area (Å²) in [6, 6.07) is 25.8. The van der Waals surface area contributed by atoms with Crippen LogP contribution in [0.15, 0.2) is 107 Å². The Balaban J connectivity index is 1.18. The van der Waals surface area contributed by atoms with Crippen LogP contribution in [0.2, 0.25) is 20.1 Å². The van der Waals surface area contributed by atoms with Gasteiger partial charge < -0.3 is 9.47 Å². The van der Waals surface area contributed by atoms with Crippen LogP contribution in [0.5, 0.6) is 11.5 Å². The lowest BCUT2D eigenvalue weighted by Crippen LogP contribution is -2.04. The standard InChI is InChI=1S/C36H26Cl4N12O2S2/c1-53-23-13-9-21(10-14-23)19-49-45-33(43-47-49)25-17-41-51(31-27(37)5-3-6-28(31)38)35(25)55-56-36-26(18-42-52(36)32-29(39)7-4-8-30(32)40)34-44-48-50(46-34)20-22-11-15-24(54-2)16-12-22/h3-18H,19-20H2,1-2H3. The van der Waals surface area contributed by atoms with Crippen molar-refractivity contribution < 1.29 is 9.47 Å². The average molecular weight is 865 g/mol. The van der Waals surface area contributed by atoms with E-state index in [0.717, 1.165) is 22.6 Å². The van der Waals surface area contributed by atoms with Crippen molar-refractivity contribution in [1.29, 1.82) is 0 Å². The van der Waals surface area contributed by atoms with Crippen molar-refractivity contribution in [3.63, 3.8) is 0 Å². The molecule has 8 rings (SSSR count). The van der Waals surface area contributed by atoms with Crippen molar-refractivity contribution in [2.24, 2.45) is 0 Å². The Kier molecular flexibility index (Phi) is 11.2. The predicted octanol–water partition coefficient (Wildman–Crippen LogP) is 8.89. The van der Waals surface area contributed by atoms with Gasteiger partial charge in [0.15, 0.2) is 0 Å². The summed E-state index contributed by atoms with van der Waals surface area (Å²) in [6.45, 7) is 0.762. The van der Waals surface area contributed by atoms with Crippen molar-refractivity contribution in [2.45, 2.75) is 23.1 Å². The minimum absolute atomic E-state index is 0.335. The van der Waals surface area contributed by atoms with Gasteiger partial charge in [-0.05, 0) is 91.7 Å². The topological polar surface area (TPSA) is 141 Å². The van der Waals surface area contributed by atoms with Gasteiger partial charge in [-0.25, -0.2) is 9.36 Å². The Morgan fingerprint density at radius 1 is 0.536 bits per heavy atom. The van der Waals surface area contributed by atoms with Crippen LogP contribution in [0.4, 0.5) is 0 Å². The zero-order valence-corrected chi connectivity index (χ0v) is 33.8. The summed E-state index contributed by atoms with van der Waals surface area (Å²) in [4.78, 5) is 3.01. The molecule has 4 aromatic carbocycles. The fraction of sp³-hybridized carbons (Fsp3) is 0.111. The molecule has 0 unspecified atom stereocenters. The van der Waals surface area contributed by atoms with E-state index in [1.807, 2.05) is 48.5 Å². The Bertz CT molecular complexity index is 2420. The average Bonchev–Trinajstić information content (AvgIpc) is 4.02. The van der Waals surface area contributed by atoms with Crippen LogP contribution in [0.1, 0.15) is 11.1 Å². The van der Waals surface area contributed by atoms with Crippen LogP contribution in [0.25, 0.3) is 34.2 Å². The molecule has 8 aromatic rings. The molecule has 282 valence electrons. The van der Waals surface area contributed by atoms with Gasteiger partial charge in [0.25, 0.3) is 0 Å². The highest BCUT2D eigenvalue weighted by molar-refractivity contribution is 8.76.